The first kappa shape index (κ1) is 14.4. The molecule has 0 spiro atoms. The summed E-state index contributed by atoms with van der Waals surface area (Å²) in [6, 6.07) is 9.81. The molecule has 1 aliphatic heterocycles. The molecule has 3 unspecified atom stereocenters. The maximum absolute atomic E-state index is 10.2. The van der Waals surface area contributed by atoms with Gasteiger partial charge in [-0.1, -0.05) is 30.3 Å². The number of hydrogen-bond donors (Lipinski definition) is 2. The lowest BCUT2D eigenvalue weighted by Crippen LogP contribution is -2.54. The highest BCUT2D eigenvalue weighted by Gasteiger charge is 2.36. The maximum atomic E-state index is 10.2. The molecule has 1 fully saturated rings. The number of rotatable bonds is 5. The van der Waals surface area contributed by atoms with Gasteiger partial charge in [0.15, 0.2) is 0 Å². The Kier molecular flexibility index (Phi) is 5.30. The van der Waals surface area contributed by atoms with E-state index in [1.54, 1.807) is 12.2 Å². The fourth-order valence-corrected chi connectivity index (χ4v) is 2.30. The van der Waals surface area contributed by atoms with Gasteiger partial charge in [0.1, 0.15) is 0 Å². The second kappa shape index (κ2) is 6.98. The van der Waals surface area contributed by atoms with Crippen molar-refractivity contribution < 1.29 is 19.8 Å². The maximum Gasteiger partial charge on any atom is 0.0992 e. The average Bonchev–Trinajstić information content (AvgIpc) is 2.47. The third-order valence-electron chi connectivity index (χ3n) is 3.49. The molecule has 3 atom stereocenters. The van der Waals surface area contributed by atoms with Crippen LogP contribution < -0.4 is 0 Å². The lowest BCUT2D eigenvalue weighted by molar-refractivity contribution is -0.219. The highest BCUT2D eigenvalue weighted by Crippen LogP contribution is 2.20. The molecule has 106 valence electrons. The van der Waals surface area contributed by atoms with Crippen LogP contribution in [-0.4, -0.2) is 54.3 Å². The predicted octanol–water partition coefficient (Wildman–Crippen LogP) is 0.418. The Balaban J connectivity index is 1.93. The predicted molar refractivity (Wildman–Crippen MR) is 70.2 cm³/mol. The minimum atomic E-state index is -0.667. The fourth-order valence-electron chi connectivity index (χ4n) is 2.30. The number of benzene rings is 1. The van der Waals surface area contributed by atoms with Crippen LogP contribution in [0.25, 0.3) is 0 Å². The van der Waals surface area contributed by atoms with E-state index in [1.165, 1.54) is 0 Å². The van der Waals surface area contributed by atoms with Gasteiger partial charge in [-0.3, -0.25) is 0 Å². The summed E-state index contributed by atoms with van der Waals surface area (Å²) in [7, 11) is 1.58. The summed E-state index contributed by atoms with van der Waals surface area (Å²) in [5.74, 6) is -0.241. The van der Waals surface area contributed by atoms with Crippen LogP contribution in [0, 0.1) is 5.92 Å². The molecule has 0 aromatic heterocycles. The first-order valence-electron chi connectivity index (χ1n) is 6.48. The zero-order valence-corrected chi connectivity index (χ0v) is 11.1. The van der Waals surface area contributed by atoms with Gasteiger partial charge in [-0.25, -0.2) is 0 Å². The van der Waals surface area contributed by atoms with Gasteiger partial charge in [-0.05, 0) is 5.56 Å². The molecule has 5 nitrogen and oxygen atoms in total. The standard InChI is InChI=1S/C14H21NO4/c1-18-15-7-12(9-16)14(17)13(8-15)19-10-11-5-3-2-4-6-11/h2-6,12-14,16-17H,7-10H2,1H3. The van der Waals surface area contributed by atoms with Gasteiger partial charge < -0.3 is 19.8 Å². The van der Waals surface area contributed by atoms with Crippen LogP contribution >= 0.6 is 0 Å². The Labute approximate surface area is 113 Å². The number of aliphatic hydroxyl groups excluding tert-OH is 2. The second-order valence-corrected chi connectivity index (χ2v) is 4.80. The molecule has 1 aromatic rings. The zero-order chi connectivity index (χ0) is 13.7. The van der Waals surface area contributed by atoms with E-state index in [9.17, 15) is 10.2 Å². The molecule has 5 heteroatoms. The summed E-state index contributed by atoms with van der Waals surface area (Å²) in [5.41, 5.74) is 1.06. The molecular formula is C14H21NO4. The van der Waals surface area contributed by atoms with E-state index in [0.29, 0.717) is 19.7 Å². The summed E-state index contributed by atoms with van der Waals surface area (Å²) >= 11 is 0. The number of nitrogens with zero attached hydrogens (tertiary/aromatic N) is 1. The Morgan fingerprint density at radius 1 is 1.26 bits per heavy atom. The zero-order valence-electron chi connectivity index (χ0n) is 11.1. The van der Waals surface area contributed by atoms with Crippen LogP contribution in [0.5, 0.6) is 0 Å². The van der Waals surface area contributed by atoms with Crippen molar-refractivity contribution in [2.45, 2.75) is 18.8 Å². The minimum absolute atomic E-state index is 0.0772. The van der Waals surface area contributed by atoms with Crippen LogP contribution in [0.1, 0.15) is 5.56 Å². The molecule has 1 aromatic carbocycles. The molecule has 0 aliphatic carbocycles. The third kappa shape index (κ3) is 3.75. The highest BCUT2D eigenvalue weighted by atomic mass is 16.7. The van der Waals surface area contributed by atoms with Gasteiger partial charge in [0.25, 0.3) is 0 Å². The summed E-state index contributed by atoms with van der Waals surface area (Å²) in [5, 5.41) is 21.1. The smallest absolute Gasteiger partial charge is 0.0992 e. The molecule has 2 N–H and O–H groups in total. The first-order chi connectivity index (χ1) is 9.24. The summed E-state index contributed by atoms with van der Waals surface area (Å²) in [6.07, 6.45) is -1.02. The number of hydroxylamine groups is 2. The normalized spacial score (nSPS) is 28.5. The number of piperidine rings is 1. The number of ether oxygens (including phenoxy) is 1. The average molecular weight is 267 g/mol. The van der Waals surface area contributed by atoms with E-state index in [0.717, 1.165) is 5.56 Å². The summed E-state index contributed by atoms with van der Waals surface area (Å²) < 4.78 is 5.76. The molecule has 1 aliphatic rings. The number of hydrogen-bond acceptors (Lipinski definition) is 5. The second-order valence-electron chi connectivity index (χ2n) is 4.80. The third-order valence-corrected chi connectivity index (χ3v) is 3.49. The van der Waals surface area contributed by atoms with Gasteiger partial charge in [0.05, 0.1) is 32.5 Å². The Bertz CT molecular complexity index is 373. The molecule has 0 radical (unpaired) electrons. The van der Waals surface area contributed by atoms with Crippen LogP contribution in [0.3, 0.4) is 0 Å². The van der Waals surface area contributed by atoms with Crippen molar-refractivity contribution in [2.24, 2.45) is 5.92 Å². The van der Waals surface area contributed by atoms with Gasteiger partial charge in [0, 0.05) is 19.1 Å². The molecule has 2 rings (SSSR count). The summed E-state index contributed by atoms with van der Waals surface area (Å²) in [4.78, 5) is 5.18. The minimum Gasteiger partial charge on any atom is -0.396 e. The van der Waals surface area contributed by atoms with Crippen molar-refractivity contribution in [3.63, 3.8) is 0 Å². The Morgan fingerprint density at radius 3 is 2.63 bits per heavy atom. The molecule has 0 saturated carbocycles. The quantitative estimate of drug-likeness (QED) is 0.809. The van der Waals surface area contributed by atoms with Crippen molar-refractivity contribution in [1.29, 1.82) is 0 Å². The monoisotopic (exact) mass is 267 g/mol. The Hall–Kier alpha value is -0.980. The van der Waals surface area contributed by atoms with Gasteiger partial charge >= 0.3 is 0 Å². The topological polar surface area (TPSA) is 62.2 Å². The van der Waals surface area contributed by atoms with Crippen molar-refractivity contribution in [1.82, 2.24) is 5.06 Å². The fraction of sp³-hybridized carbons (Fsp3) is 0.571. The van der Waals surface area contributed by atoms with Crippen molar-refractivity contribution in [3.05, 3.63) is 35.9 Å². The summed E-state index contributed by atoms with van der Waals surface area (Å²) in [6.45, 7) is 1.38. The van der Waals surface area contributed by atoms with Crippen LogP contribution in [0.4, 0.5) is 0 Å². The van der Waals surface area contributed by atoms with E-state index < -0.39 is 6.10 Å². The van der Waals surface area contributed by atoms with Crippen molar-refractivity contribution >= 4 is 0 Å². The first-order valence-corrected chi connectivity index (χ1v) is 6.48. The van der Waals surface area contributed by atoms with Gasteiger partial charge in [-0.15, -0.1) is 0 Å². The molecular weight excluding hydrogens is 246 g/mol. The highest BCUT2D eigenvalue weighted by molar-refractivity contribution is 5.13. The van der Waals surface area contributed by atoms with Gasteiger partial charge in [-0.2, -0.15) is 5.06 Å². The van der Waals surface area contributed by atoms with E-state index in [2.05, 4.69) is 0 Å². The van der Waals surface area contributed by atoms with Crippen LogP contribution in [-0.2, 0) is 16.2 Å². The largest absolute Gasteiger partial charge is 0.396 e. The van der Waals surface area contributed by atoms with Gasteiger partial charge in [0.2, 0.25) is 0 Å². The van der Waals surface area contributed by atoms with E-state index in [1.807, 2.05) is 30.3 Å². The Morgan fingerprint density at radius 2 is 2.00 bits per heavy atom. The SMILES string of the molecule is CON1CC(CO)C(O)C(OCc2ccccc2)C1. The molecule has 1 heterocycles. The van der Waals surface area contributed by atoms with E-state index in [-0.39, 0.29) is 18.6 Å². The van der Waals surface area contributed by atoms with E-state index in [4.69, 9.17) is 9.57 Å². The van der Waals surface area contributed by atoms with Crippen molar-refractivity contribution in [2.75, 3.05) is 26.8 Å². The van der Waals surface area contributed by atoms with E-state index >= 15 is 0 Å². The molecule has 19 heavy (non-hydrogen) atoms. The lowest BCUT2D eigenvalue weighted by Gasteiger charge is -2.39. The van der Waals surface area contributed by atoms with Crippen LogP contribution in [0.15, 0.2) is 30.3 Å². The number of aliphatic hydroxyl groups is 2. The van der Waals surface area contributed by atoms with Crippen LogP contribution in [0.2, 0.25) is 0 Å². The van der Waals surface area contributed by atoms with Crippen molar-refractivity contribution in [3.8, 4) is 0 Å². The molecule has 0 amide bonds. The molecule has 0 bridgehead atoms. The lowest BCUT2D eigenvalue weighted by atomic mass is 9.94. The molecule has 1 saturated heterocycles.